The molecule has 1 fully saturated rings. The predicted octanol–water partition coefficient (Wildman–Crippen LogP) is 1.88. The Labute approximate surface area is 97.4 Å². The molecule has 0 amide bonds. The summed E-state index contributed by atoms with van der Waals surface area (Å²) in [6, 6.07) is 1.44. The first kappa shape index (κ1) is 12.2. The van der Waals surface area contributed by atoms with Gasteiger partial charge in [0.1, 0.15) is 0 Å². The Morgan fingerprint density at radius 2 is 2.35 bits per heavy atom. The van der Waals surface area contributed by atoms with Gasteiger partial charge in [-0.25, -0.2) is 13.2 Å². The van der Waals surface area contributed by atoms with Crippen molar-refractivity contribution in [3.8, 4) is 0 Å². The van der Waals surface area contributed by atoms with Crippen LogP contribution in [0.25, 0.3) is 0 Å². The van der Waals surface area contributed by atoms with Crippen molar-refractivity contribution in [2.24, 2.45) is 5.92 Å². The second kappa shape index (κ2) is 4.91. The number of alkyl halides is 2. The van der Waals surface area contributed by atoms with E-state index in [1.807, 2.05) is 0 Å². The zero-order valence-corrected chi connectivity index (χ0v) is 9.22. The van der Waals surface area contributed by atoms with Crippen molar-refractivity contribution in [1.29, 1.82) is 0 Å². The van der Waals surface area contributed by atoms with Crippen molar-refractivity contribution < 1.29 is 13.2 Å². The number of halogens is 3. The minimum atomic E-state index is -2.74. The maximum absolute atomic E-state index is 13.5. The Balaban J connectivity index is 1.96. The van der Waals surface area contributed by atoms with E-state index in [1.165, 1.54) is 12.3 Å². The molecule has 1 aliphatic heterocycles. The summed E-state index contributed by atoms with van der Waals surface area (Å²) < 4.78 is 40.1. The second-order valence-corrected chi connectivity index (χ2v) is 4.16. The van der Waals surface area contributed by atoms with Crippen LogP contribution in [-0.4, -0.2) is 30.5 Å². The average Bonchev–Trinajstić information content (AvgIpc) is 2.29. The van der Waals surface area contributed by atoms with Gasteiger partial charge in [0.05, 0.1) is 18.4 Å². The monoisotopic (exact) mass is 245 g/mol. The first-order chi connectivity index (χ1) is 8.09. The molecule has 0 aliphatic carbocycles. The Morgan fingerprint density at radius 3 is 3.06 bits per heavy atom. The summed E-state index contributed by atoms with van der Waals surface area (Å²) in [5.41, 5.74) is 0.217. The normalized spacial score (nSPS) is 23.4. The molecule has 6 heteroatoms. The molecular formula is C11H14F3N3. The molecule has 0 spiro atoms. The van der Waals surface area contributed by atoms with Crippen molar-refractivity contribution in [1.82, 2.24) is 10.3 Å². The Kier molecular flexibility index (Phi) is 3.51. The summed E-state index contributed by atoms with van der Waals surface area (Å²) >= 11 is 0. The molecule has 0 bridgehead atoms. The molecule has 0 saturated carbocycles. The molecule has 2 heterocycles. The standard InChI is InChI=1S/C11H14F3N3/c12-9-6-15-4-2-10(9)17-5-8-1-3-16-7-11(8,13)14/h2,4,6,8,16H,1,3,5,7H2,(H,15,17). The molecule has 0 radical (unpaired) electrons. The van der Waals surface area contributed by atoms with E-state index in [9.17, 15) is 13.2 Å². The lowest BCUT2D eigenvalue weighted by atomic mass is 9.94. The molecule has 1 unspecified atom stereocenters. The number of anilines is 1. The SMILES string of the molecule is Fc1cnccc1NCC1CCNCC1(F)F. The number of aromatic nitrogens is 1. The van der Waals surface area contributed by atoms with Gasteiger partial charge in [-0.15, -0.1) is 0 Å². The molecule has 94 valence electrons. The number of rotatable bonds is 3. The summed E-state index contributed by atoms with van der Waals surface area (Å²) in [6.07, 6.45) is 2.86. The fourth-order valence-corrected chi connectivity index (χ4v) is 1.89. The molecule has 3 nitrogen and oxygen atoms in total. The fourth-order valence-electron chi connectivity index (χ4n) is 1.89. The lowest BCUT2D eigenvalue weighted by Gasteiger charge is -2.32. The first-order valence-corrected chi connectivity index (χ1v) is 5.51. The molecule has 1 atom stereocenters. The highest BCUT2D eigenvalue weighted by molar-refractivity contribution is 5.42. The van der Waals surface area contributed by atoms with Crippen LogP contribution in [0.15, 0.2) is 18.5 Å². The van der Waals surface area contributed by atoms with Gasteiger partial charge >= 0.3 is 0 Å². The average molecular weight is 245 g/mol. The third-order valence-corrected chi connectivity index (χ3v) is 2.94. The van der Waals surface area contributed by atoms with Crippen LogP contribution in [-0.2, 0) is 0 Å². The number of nitrogens with one attached hydrogen (secondary N) is 2. The van der Waals surface area contributed by atoms with E-state index in [1.54, 1.807) is 0 Å². The van der Waals surface area contributed by atoms with E-state index in [0.29, 0.717) is 13.0 Å². The van der Waals surface area contributed by atoms with Gasteiger partial charge in [-0.2, -0.15) is 0 Å². The Bertz CT molecular complexity index is 384. The van der Waals surface area contributed by atoms with E-state index >= 15 is 0 Å². The lowest BCUT2D eigenvalue weighted by molar-refractivity contribution is -0.0678. The van der Waals surface area contributed by atoms with Gasteiger partial charge in [0, 0.05) is 18.7 Å². The Hall–Kier alpha value is -1.30. The summed E-state index contributed by atoms with van der Waals surface area (Å²) in [5, 5.41) is 5.37. The van der Waals surface area contributed by atoms with Crippen molar-refractivity contribution in [2.45, 2.75) is 12.3 Å². The zero-order valence-electron chi connectivity index (χ0n) is 9.22. The van der Waals surface area contributed by atoms with Crippen LogP contribution in [0.5, 0.6) is 0 Å². The van der Waals surface area contributed by atoms with Gasteiger partial charge < -0.3 is 10.6 Å². The van der Waals surface area contributed by atoms with E-state index in [-0.39, 0.29) is 18.8 Å². The molecule has 1 aromatic rings. The third-order valence-electron chi connectivity index (χ3n) is 2.94. The van der Waals surface area contributed by atoms with Crippen molar-refractivity contribution in [3.05, 3.63) is 24.3 Å². The van der Waals surface area contributed by atoms with Crippen LogP contribution in [0.2, 0.25) is 0 Å². The topological polar surface area (TPSA) is 37.0 Å². The van der Waals surface area contributed by atoms with Crippen molar-refractivity contribution in [3.63, 3.8) is 0 Å². The number of hydrogen-bond donors (Lipinski definition) is 2. The van der Waals surface area contributed by atoms with Gasteiger partial charge in [0.15, 0.2) is 5.82 Å². The maximum atomic E-state index is 13.5. The summed E-state index contributed by atoms with van der Waals surface area (Å²) in [5.74, 6) is -4.03. The van der Waals surface area contributed by atoms with E-state index in [0.717, 1.165) is 6.20 Å². The van der Waals surface area contributed by atoms with Crippen LogP contribution < -0.4 is 10.6 Å². The number of pyridine rings is 1. The van der Waals surface area contributed by atoms with E-state index in [4.69, 9.17) is 0 Å². The van der Waals surface area contributed by atoms with Gasteiger partial charge in [0.2, 0.25) is 0 Å². The lowest BCUT2D eigenvalue weighted by Crippen LogP contribution is -2.48. The number of hydrogen-bond acceptors (Lipinski definition) is 3. The summed E-state index contributed by atoms with van der Waals surface area (Å²) in [7, 11) is 0. The number of piperidine rings is 1. The molecular weight excluding hydrogens is 231 g/mol. The molecule has 2 N–H and O–H groups in total. The molecule has 1 aromatic heterocycles. The number of nitrogens with zero attached hydrogens (tertiary/aromatic N) is 1. The van der Waals surface area contributed by atoms with Gasteiger partial charge in [-0.3, -0.25) is 4.98 Å². The van der Waals surface area contributed by atoms with Gasteiger partial charge in [0.25, 0.3) is 5.92 Å². The molecule has 1 aliphatic rings. The van der Waals surface area contributed by atoms with Gasteiger partial charge in [-0.05, 0) is 19.0 Å². The molecule has 1 saturated heterocycles. The minimum absolute atomic E-state index is 0.0651. The smallest absolute Gasteiger partial charge is 0.264 e. The van der Waals surface area contributed by atoms with Crippen LogP contribution in [0.3, 0.4) is 0 Å². The fraction of sp³-hybridized carbons (Fsp3) is 0.545. The quantitative estimate of drug-likeness (QED) is 0.853. The third kappa shape index (κ3) is 2.88. The van der Waals surface area contributed by atoms with Crippen LogP contribution in [0, 0.1) is 11.7 Å². The Morgan fingerprint density at radius 1 is 1.53 bits per heavy atom. The molecule has 0 aromatic carbocycles. The highest BCUT2D eigenvalue weighted by atomic mass is 19.3. The highest BCUT2D eigenvalue weighted by Gasteiger charge is 2.41. The van der Waals surface area contributed by atoms with Crippen molar-refractivity contribution in [2.75, 3.05) is 25.0 Å². The largest absolute Gasteiger partial charge is 0.382 e. The first-order valence-electron chi connectivity index (χ1n) is 5.51. The molecule has 17 heavy (non-hydrogen) atoms. The summed E-state index contributed by atoms with van der Waals surface area (Å²) in [6.45, 7) is 0.328. The van der Waals surface area contributed by atoms with Crippen LogP contribution in [0.1, 0.15) is 6.42 Å². The van der Waals surface area contributed by atoms with Crippen LogP contribution >= 0.6 is 0 Å². The van der Waals surface area contributed by atoms with Crippen LogP contribution in [0.4, 0.5) is 18.9 Å². The maximum Gasteiger partial charge on any atom is 0.264 e. The minimum Gasteiger partial charge on any atom is -0.382 e. The zero-order chi connectivity index (χ0) is 12.3. The highest BCUT2D eigenvalue weighted by Crippen LogP contribution is 2.29. The van der Waals surface area contributed by atoms with Gasteiger partial charge in [-0.1, -0.05) is 0 Å². The molecule has 2 rings (SSSR count). The second-order valence-electron chi connectivity index (χ2n) is 4.16. The summed E-state index contributed by atoms with van der Waals surface area (Å²) in [4.78, 5) is 3.60. The van der Waals surface area contributed by atoms with E-state index < -0.39 is 17.7 Å². The van der Waals surface area contributed by atoms with Crippen molar-refractivity contribution >= 4 is 5.69 Å². The predicted molar refractivity (Wildman–Crippen MR) is 58.6 cm³/mol. The van der Waals surface area contributed by atoms with E-state index in [2.05, 4.69) is 15.6 Å².